The predicted octanol–water partition coefficient (Wildman–Crippen LogP) is 3.28. The fourth-order valence-electron chi connectivity index (χ4n) is 2.22. The number of hydrogen-bond acceptors (Lipinski definition) is 2. The molecule has 2 aromatic carbocycles. The van der Waals surface area contributed by atoms with Gasteiger partial charge in [0.15, 0.2) is 0 Å². The van der Waals surface area contributed by atoms with Gasteiger partial charge >= 0.3 is 0 Å². The van der Waals surface area contributed by atoms with E-state index in [9.17, 15) is 8.78 Å². The van der Waals surface area contributed by atoms with Gasteiger partial charge in [0.1, 0.15) is 17.5 Å². The largest absolute Gasteiger partial charge is 0.384 e. The van der Waals surface area contributed by atoms with Crippen LogP contribution in [0.2, 0.25) is 0 Å². The first-order chi connectivity index (χ1) is 10.0. The number of rotatable bonds is 5. The third kappa shape index (κ3) is 3.37. The standard InChI is InChI=1S/C16H17F2N3/c1-2-21(15-6-4-3-5-14(15)18)10-11-7-8-12(17)9-13(11)16(19)20/h3-9H,2,10H2,1H3,(H3,19,20). The summed E-state index contributed by atoms with van der Waals surface area (Å²) in [5.41, 5.74) is 6.99. The van der Waals surface area contributed by atoms with Gasteiger partial charge in [0.2, 0.25) is 0 Å². The maximum Gasteiger partial charge on any atom is 0.146 e. The Hall–Kier alpha value is -2.43. The minimum absolute atomic E-state index is 0.200. The zero-order chi connectivity index (χ0) is 15.4. The van der Waals surface area contributed by atoms with Gasteiger partial charge in [-0.1, -0.05) is 18.2 Å². The van der Waals surface area contributed by atoms with E-state index < -0.39 is 5.82 Å². The van der Waals surface area contributed by atoms with E-state index in [0.717, 1.165) is 0 Å². The minimum Gasteiger partial charge on any atom is -0.384 e. The second-order valence-corrected chi connectivity index (χ2v) is 4.68. The molecule has 0 saturated heterocycles. The summed E-state index contributed by atoms with van der Waals surface area (Å²) in [5, 5.41) is 7.54. The maximum atomic E-state index is 13.9. The van der Waals surface area contributed by atoms with Gasteiger partial charge in [-0.15, -0.1) is 0 Å². The molecule has 0 aliphatic heterocycles. The topological polar surface area (TPSA) is 53.1 Å². The molecule has 0 heterocycles. The van der Waals surface area contributed by atoms with E-state index in [2.05, 4.69) is 0 Å². The van der Waals surface area contributed by atoms with E-state index in [4.69, 9.17) is 11.1 Å². The lowest BCUT2D eigenvalue weighted by atomic mass is 10.1. The Balaban J connectivity index is 2.36. The van der Waals surface area contributed by atoms with Crippen molar-refractivity contribution in [3.63, 3.8) is 0 Å². The van der Waals surface area contributed by atoms with E-state index in [0.29, 0.717) is 29.9 Å². The summed E-state index contributed by atoms with van der Waals surface area (Å²) in [4.78, 5) is 1.81. The molecular weight excluding hydrogens is 272 g/mol. The van der Waals surface area contributed by atoms with Gasteiger partial charge in [0, 0.05) is 18.7 Å². The van der Waals surface area contributed by atoms with Crippen LogP contribution >= 0.6 is 0 Å². The minimum atomic E-state index is -0.446. The van der Waals surface area contributed by atoms with Crippen LogP contribution in [-0.4, -0.2) is 12.4 Å². The van der Waals surface area contributed by atoms with Crippen LogP contribution < -0.4 is 10.6 Å². The first-order valence-corrected chi connectivity index (χ1v) is 6.65. The average Bonchev–Trinajstić information content (AvgIpc) is 2.46. The van der Waals surface area contributed by atoms with Crippen molar-refractivity contribution >= 4 is 11.5 Å². The molecule has 0 atom stereocenters. The number of nitrogen functional groups attached to an aromatic ring is 1. The molecule has 0 spiro atoms. The summed E-state index contributed by atoms with van der Waals surface area (Å²) in [6.07, 6.45) is 0. The molecule has 2 rings (SSSR count). The smallest absolute Gasteiger partial charge is 0.146 e. The van der Waals surface area contributed by atoms with Gasteiger partial charge < -0.3 is 10.6 Å². The average molecular weight is 289 g/mol. The first-order valence-electron chi connectivity index (χ1n) is 6.65. The summed E-state index contributed by atoms with van der Waals surface area (Å²) < 4.78 is 27.2. The van der Waals surface area contributed by atoms with Crippen molar-refractivity contribution in [2.45, 2.75) is 13.5 Å². The van der Waals surface area contributed by atoms with E-state index in [1.54, 1.807) is 24.3 Å². The molecule has 0 saturated carbocycles. The lowest BCUT2D eigenvalue weighted by Crippen LogP contribution is -2.25. The summed E-state index contributed by atoms with van der Waals surface area (Å²) in [5.74, 6) is -0.960. The van der Waals surface area contributed by atoms with Gasteiger partial charge in [-0.2, -0.15) is 0 Å². The highest BCUT2D eigenvalue weighted by molar-refractivity contribution is 5.96. The number of halogens is 2. The first kappa shape index (κ1) is 15.0. The van der Waals surface area contributed by atoms with Crippen molar-refractivity contribution in [1.29, 1.82) is 5.41 Å². The number of para-hydroxylation sites is 1. The Labute approximate surface area is 122 Å². The predicted molar refractivity (Wildman–Crippen MR) is 80.5 cm³/mol. The molecule has 0 aliphatic carbocycles. The van der Waals surface area contributed by atoms with E-state index >= 15 is 0 Å². The summed E-state index contributed by atoms with van der Waals surface area (Å²) in [6.45, 7) is 2.84. The number of benzene rings is 2. The normalized spacial score (nSPS) is 10.4. The van der Waals surface area contributed by atoms with Gasteiger partial charge in [0.25, 0.3) is 0 Å². The molecule has 0 fully saturated rings. The van der Waals surface area contributed by atoms with Gasteiger partial charge in [-0.25, -0.2) is 8.78 Å². The quantitative estimate of drug-likeness (QED) is 0.655. The number of amidine groups is 1. The maximum absolute atomic E-state index is 13.9. The molecule has 0 bridgehead atoms. The lowest BCUT2D eigenvalue weighted by Gasteiger charge is -2.24. The Morgan fingerprint density at radius 3 is 2.52 bits per heavy atom. The second kappa shape index (κ2) is 6.35. The molecule has 0 amide bonds. The molecule has 0 aliphatic rings. The highest BCUT2D eigenvalue weighted by Gasteiger charge is 2.13. The van der Waals surface area contributed by atoms with E-state index in [-0.39, 0.29) is 11.7 Å². The number of nitrogens with zero attached hydrogens (tertiary/aromatic N) is 1. The number of nitrogens with one attached hydrogen (secondary N) is 1. The number of hydrogen-bond donors (Lipinski definition) is 2. The zero-order valence-electron chi connectivity index (χ0n) is 11.7. The molecule has 0 aromatic heterocycles. The van der Waals surface area contributed by atoms with E-state index in [1.165, 1.54) is 18.2 Å². The van der Waals surface area contributed by atoms with Crippen LogP contribution in [0.4, 0.5) is 14.5 Å². The second-order valence-electron chi connectivity index (χ2n) is 4.68. The van der Waals surface area contributed by atoms with Crippen LogP contribution in [0.25, 0.3) is 0 Å². The molecule has 110 valence electrons. The zero-order valence-corrected chi connectivity index (χ0v) is 11.7. The van der Waals surface area contributed by atoms with Gasteiger partial charge in [-0.05, 0) is 36.8 Å². The summed E-state index contributed by atoms with van der Waals surface area (Å²) in [7, 11) is 0. The third-order valence-electron chi connectivity index (χ3n) is 3.30. The molecule has 2 aromatic rings. The van der Waals surface area contributed by atoms with Crippen molar-refractivity contribution in [3.05, 3.63) is 65.2 Å². The molecule has 3 N–H and O–H groups in total. The van der Waals surface area contributed by atoms with Crippen LogP contribution in [0.15, 0.2) is 42.5 Å². The molecule has 21 heavy (non-hydrogen) atoms. The molecule has 5 heteroatoms. The summed E-state index contributed by atoms with van der Waals surface area (Å²) >= 11 is 0. The monoisotopic (exact) mass is 289 g/mol. The third-order valence-corrected chi connectivity index (χ3v) is 3.30. The van der Waals surface area contributed by atoms with Crippen molar-refractivity contribution < 1.29 is 8.78 Å². The van der Waals surface area contributed by atoms with Crippen molar-refractivity contribution in [3.8, 4) is 0 Å². The fourth-order valence-corrected chi connectivity index (χ4v) is 2.22. The Morgan fingerprint density at radius 2 is 1.90 bits per heavy atom. The Bertz CT molecular complexity index is 656. The molecule has 3 nitrogen and oxygen atoms in total. The van der Waals surface area contributed by atoms with Crippen molar-refractivity contribution in [1.82, 2.24) is 0 Å². The number of anilines is 1. The van der Waals surface area contributed by atoms with Gasteiger partial charge in [0.05, 0.1) is 5.69 Å². The highest BCUT2D eigenvalue weighted by Crippen LogP contribution is 2.22. The lowest BCUT2D eigenvalue weighted by molar-refractivity contribution is 0.616. The Morgan fingerprint density at radius 1 is 1.19 bits per heavy atom. The van der Waals surface area contributed by atoms with Crippen LogP contribution in [0.3, 0.4) is 0 Å². The Kier molecular flexibility index (Phi) is 4.52. The highest BCUT2D eigenvalue weighted by atomic mass is 19.1. The molecular formula is C16H17F2N3. The van der Waals surface area contributed by atoms with Gasteiger partial charge in [-0.3, -0.25) is 5.41 Å². The van der Waals surface area contributed by atoms with Crippen LogP contribution in [-0.2, 0) is 6.54 Å². The van der Waals surface area contributed by atoms with Crippen molar-refractivity contribution in [2.24, 2.45) is 5.73 Å². The van der Waals surface area contributed by atoms with Crippen LogP contribution in [0.5, 0.6) is 0 Å². The van der Waals surface area contributed by atoms with Crippen LogP contribution in [0, 0.1) is 17.0 Å². The number of nitrogens with two attached hydrogens (primary N) is 1. The van der Waals surface area contributed by atoms with Crippen LogP contribution in [0.1, 0.15) is 18.1 Å². The molecule has 0 radical (unpaired) electrons. The summed E-state index contributed by atoms with van der Waals surface area (Å²) in [6, 6.07) is 10.6. The fraction of sp³-hybridized carbons (Fsp3) is 0.188. The van der Waals surface area contributed by atoms with E-state index in [1.807, 2.05) is 11.8 Å². The molecule has 0 unspecified atom stereocenters. The SMILES string of the molecule is CCN(Cc1ccc(F)cc1C(=N)N)c1ccccc1F. The van der Waals surface area contributed by atoms with Crippen molar-refractivity contribution in [2.75, 3.05) is 11.4 Å².